The van der Waals surface area contributed by atoms with Crippen molar-refractivity contribution in [2.24, 2.45) is 4.99 Å². The first-order valence-corrected chi connectivity index (χ1v) is 5.53. The zero-order chi connectivity index (χ0) is 12.8. The summed E-state index contributed by atoms with van der Waals surface area (Å²) in [7, 11) is 0. The zero-order valence-corrected chi connectivity index (χ0v) is 9.92. The van der Waals surface area contributed by atoms with Gasteiger partial charge in [-0.15, -0.1) is 0 Å². The summed E-state index contributed by atoms with van der Waals surface area (Å²) in [6.07, 6.45) is 4.76. The Bertz CT molecular complexity index is 582. The molecule has 0 bridgehead atoms. The van der Waals surface area contributed by atoms with Gasteiger partial charge in [-0.05, 0) is 25.1 Å². The number of aromatic amines is 1. The quantitative estimate of drug-likeness (QED) is 0.659. The molecule has 0 atom stereocenters. The van der Waals surface area contributed by atoms with Crippen LogP contribution in [-0.4, -0.2) is 23.0 Å². The third-order valence-electron chi connectivity index (χ3n) is 2.32. The van der Waals surface area contributed by atoms with E-state index >= 15 is 0 Å². The zero-order valence-electron chi connectivity index (χ0n) is 9.92. The van der Waals surface area contributed by atoms with Gasteiger partial charge in [0.05, 0.1) is 17.9 Å². The smallest absolute Gasteiger partial charge is 0.174 e. The van der Waals surface area contributed by atoms with Gasteiger partial charge in [-0.1, -0.05) is 0 Å². The highest BCUT2D eigenvalue weighted by molar-refractivity contribution is 5.68. The Kier molecular flexibility index (Phi) is 3.72. The lowest BCUT2D eigenvalue weighted by atomic mass is 10.1. The normalized spacial score (nSPS) is 10.4. The Hall–Kier alpha value is -2.61. The number of rotatable bonds is 4. The number of nitrogens with one attached hydrogen (secondary N) is 1. The minimum absolute atomic E-state index is 0.486. The molecule has 0 fully saturated rings. The van der Waals surface area contributed by atoms with Crippen LogP contribution in [-0.2, 0) is 4.74 Å². The predicted molar refractivity (Wildman–Crippen MR) is 68.5 cm³/mol. The SMILES string of the molecule is CCOC=Nc1ccc(-c2ncc[nH]2)cc1C#N. The van der Waals surface area contributed by atoms with Crippen molar-refractivity contribution in [3.63, 3.8) is 0 Å². The molecule has 5 heteroatoms. The first-order valence-electron chi connectivity index (χ1n) is 5.53. The third-order valence-corrected chi connectivity index (χ3v) is 2.32. The van der Waals surface area contributed by atoms with Crippen LogP contribution in [0.4, 0.5) is 5.69 Å². The molecule has 0 aliphatic rings. The van der Waals surface area contributed by atoms with Crippen molar-refractivity contribution < 1.29 is 4.74 Å². The van der Waals surface area contributed by atoms with Gasteiger partial charge < -0.3 is 9.72 Å². The molecule has 2 rings (SSSR count). The lowest BCUT2D eigenvalue weighted by Crippen LogP contribution is -1.86. The summed E-state index contributed by atoms with van der Waals surface area (Å²) in [4.78, 5) is 11.2. The summed E-state index contributed by atoms with van der Waals surface area (Å²) < 4.78 is 5.02. The number of nitrogens with zero attached hydrogens (tertiary/aromatic N) is 3. The van der Waals surface area contributed by atoms with Crippen LogP contribution in [0, 0.1) is 11.3 Å². The van der Waals surface area contributed by atoms with Crippen LogP contribution >= 0.6 is 0 Å². The summed E-state index contributed by atoms with van der Waals surface area (Å²) in [5.74, 6) is 0.729. The average molecular weight is 240 g/mol. The van der Waals surface area contributed by atoms with Crippen molar-refractivity contribution in [2.75, 3.05) is 6.61 Å². The number of ether oxygens (including phenoxy) is 1. The van der Waals surface area contributed by atoms with Crippen LogP contribution in [0.15, 0.2) is 35.6 Å². The Labute approximate surface area is 105 Å². The summed E-state index contributed by atoms with van der Waals surface area (Å²) in [5.41, 5.74) is 1.92. The molecule has 18 heavy (non-hydrogen) atoms. The second kappa shape index (κ2) is 5.64. The lowest BCUT2D eigenvalue weighted by Gasteiger charge is -2.01. The molecule has 0 aliphatic heterocycles. The maximum atomic E-state index is 9.10. The van der Waals surface area contributed by atoms with Crippen LogP contribution in [0.25, 0.3) is 11.4 Å². The van der Waals surface area contributed by atoms with Gasteiger partial charge in [0.15, 0.2) is 6.40 Å². The number of imidazole rings is 1. The molecular weight excluding hydrogens is 228 g/mol. The topological polar surface area (TPSA) is 74.1 Å². The fourth-order valence-corrected chi connectivity index (χ4v) is 1.48. The van der Waals surface area contributed by atoms with Gasteiger partial charge in [-0.2, -0.15) is 5.26 Å². The molecule has 90 valence electrons. The molecular formula is C13H12N4O. The van der Waals surface area contributed by atoms with Gasteiger partial charge in [0, 0.05) is 18.0 Å². The van der Waals surface area contributed by atoms with Crippen LogP contribution in [0.2, 0.25) is 0 Å². The third kappa shape index (κ3) is 2.55. The predicted octanol–water partition coefficient (Wildman–Crippen LogP) is 2.64. The maximum absolute atomic E-state index is 9.10. The van der Waals surface area contributed by atoms with E-state index in [-0.39, 0.29) is 0 Å². The monoisotopic (exact) mass is 240 g/mol. The Morgan fingerprint density at radius 2 is 2.44 bits per heavy atom. The molecule has 1 N–H and O–H groups in total. The second-order valence-electron chi connectivity index (χ2n) is 3.47. The summed E-state index contributed by atoms with van der Waals surface area (Å²) in [6.45, 7) is 2.42. The molecule has 0 saturated heterocycles. The first-order chi connectivity index (χ1) is 8.85. The molecule has 0 saturated carbocycles. The highest BCUT2D eigenvalue weighted by Gasteiger charge is 2.05. The standard InChI is InChI=1S/C13H12N4O/c1-2-18-9-17-12-4-3-10(7-11(12)8-14)13-15-5-6-16-13/h3-7,9H,2H2,1H3,(H,15,16). The maximum Gasteiger partial charge on any atom is 0.174 e. The Morgan fingerprint density at radius 1 is 1.56 bits per heavy atom. The highest BCUT2D eigenvalue weighted by atomic mass is 16.5. The van der Waals surface area contributed by atoms with E-state index in [0.717, 1.165) is 11.4 Å². The van der Waals surface area contributed by atoms with Gasteiger partial charge in [-0.3, -0.25) is 0 Å². The second-order valence-corrected chi connectivity index (χ2v) is 3.47. The van der Waals surface area contributed by atoms with Gasteiger partial charge in [-0.25, -0.2) is 9.98 Å². The molecule has 1 aromatic heterocycles. The van der Waals surface area contributed by atoms with Gasteiger partial charge >= 0.3 is 0 Å². The highest BCUT2D eigenvalue weighted by Crippen LogP contribution is 2.24. The molecule has 0 amide bonds. The van der Waals surface area contributed by atoms with E-state index in [0.29, 0.717) is 17.9 Å². The van der Waals surface area contributed by atoms with E-state index in [1.807, 2.05) is 13.0 Å². The van der Waals surface area contributed by atoms with Crippen molar-refractivity contribution in [3.8, 4) is 17.5 Å². The molecule has 0 spiro atoms. The van der Waals surface area contributed by atoms with Crippen LogP contribution in [0.3, 0.4) is 0 Å². The van der Waals surface area contributed by atoms with Crippen LogP contribution in [0.5, 0.6) is 0 Å². The number of hydrogen-bond acceptors (Lipinski definition) is 4. The molecule has 0 aliphatic carbocycles. The summed E-state index contributed by atoms with van der Waals surface area (Å²) in [5, 5.41) is 9.10. The van der Waals surface area contributed by atoms with Crippen molar-refractivity contribution in [3.05, 3.63) is 36.2 Å². The number of aliphatic imine (C=N–C) groups is 1. The average Bonchev–Trinajstić information content (AvgIpc) is 2.93. The molecule has 1 heterocycles. The molecule has 0 unspecified atom stereocenters. The Balaban J connectivity index is 2.32. The van der Waals surface area contributed by atoms with E-state index < -0.39 is 0 Å². The van der Waals surface area contributed by atoms with Crippen LogP contribution in [0.1, 0.15) is 12.5 Å². The number of aromatic nitrogens is 2. The minimum atomic E-state index is 0.486. The van der Waals surface area contributed by atoms with Crippen LogP contribution < -0.4 is 0 Å². The van der Waals surface area contributed by atoms with E-state index in [2.05, 4.69) is 21.0 Å². The van der Waals surface area contributed by atoms with E-state index in [9.17, 15) is 0 Å². The van der Waals surface area contributed by atoms with Gasteiger partial charge in [0.2, 0.25) is 0 Å². The fraction of sp³-hybridized carbons (Fsp3) is 0.154. The summed E-state index contributed by atoms with van der Waals surface area (Å²) >= 11 is 0. The molecule has 2 aromatic rings. The molecule has 1 aromatic carbocycles. The van der Waals surface area contributed by atoms with Crippen molar-refractivity contribution in [1.82, 2.24) is 9.97 Å². The number of hydrogen-bond donors (Lipinski definition) is 1. The van der Waals surface area contributed by atoms with Gasteiger partial charge in [0.25, 0.3) is 0 Å². The van der Waals surface area contributed by atoms with Crippen molar-refractivity contribution >= 4 is 12.1 Å². The van der Waals surface area contributed by atoms with E-state index in [4.69, 9.17) is 10.00 Å². The number of benzene rings is 1. The fourth-order valence-electron chi connectivity index (χ4n) is 1.48. The van der Waals surface area contributed by atoms with Crippen molar-refractivity contribution in [1.29, 1.82) is 5.26 Å². The van der Waals surface area contributed by atoms with Crippen molar-refractivity contribution in [2.45, 2.75) is 6.92 Å². The van der Waals surface area contributed by atoms with Gasteiger partial charge in [0.1, 0.15) is 11.9 Å². The molecule has 5 nitrogen and oxygen atoms in total. The van der Waals surface area contributed by atoms with E-state index in [1.54, 1.807) is 24.5 Å². The largest absolute Gasteiger partial charge is 0.483 e. The lowest BCUT2D eigenvalue weighted by molar-refractivity contribution is 0.344. The van der Waals surface area contributed by atoms with E-state index in [1.165, 1.54) is 6.40 Å². The Morgan fingerprint density at radius 3 is 3.11 bits per heavy atom. The minimum Gasteiger partial charge on any atom is -0.483 e. The first kappa shape index (κ1) is 11.9. The number of H-pyrrole nitrogens is 1. The molecule has 0 radical (unpaired) electrons. The summed E-state index contributed by atoms with van der Waals surface area (Å²) in [6, 6.07) is 7.49. The number of nitriles is 1.